The van der Waals surface area contributed by atoms with Crippen LogP contribution in [-0.2, 0) is 85.8 Å². The lowest BCUT2D eigenvalue weighted by Crippen LogP contribution is -2.59. The fourth-order valence-corrected chi connectivity index (χ4v) is 6.50. The molecule has 3 amide bonds. The fraction of sp³-hybridized carbons (Fsp3) is 0.625. The molecule has 1 aromatic rings. The number of carboxylic acids is 9. The van der Waals surface area contributed by atoms with Gasteiger partial charge in [0, 0.05) is 16.7 Å². The first-order valence-electron chi connectivity index (χ1n) is 24.5. The molecular weight excluding hydrogens is 1100 g/mol. The molecule has 0 saturated heterocycles. The van der Waals surface area contributed by atoms with Gasteiger partial charge in [0.05, 0.1) is 177 Å². The Hall–Kier alpha value is -7.50. The Bertz CT molecular complexity index is 1840. The zero-order valence-electron chi connectivity index (χ0n) is 43.9. The molecule has 0 aliphatic rings. The van der Waals surface area contributed by atoms with Crippen molar-refractivity contribution in [3.63, 3.8) is 0 Å². The highest BCUT2D eigenvalue weighted by molar-refractivity contribution is 6.05. The van der Waals surface area contributed by atoms with E-state index >= 15 is 0 Å². The molecule has 0 aliphatic heterocycles. The van der Waals surface area contributed by atoms with Crippen LogP contribution in [0.25, 0.3) is 0 Å². The van der Waals surface area contributed by atoms with Crippen LogP contribution in [0.3, 0.4) is 0 Å². The van der Waals surface area contributed by atoms with Crippen LogP contribution < -0.4 is 16.0 Å². The van der Waals surface area contributed by atoms with Gasteiger partial charge in [-0.05, 0) is 18.2 Å². The van der Waals surface area contributed by atoms with Crippen molar-refractivity contribution in [2.75, 3.05) is 119 Å². The molecule has 1 aromatic carbocycles. The van der Waals surface area contributed by atoms with Gasteiger partial charge in [-0.2, -0.15) is 0 Å². The second-order valence-electron chi connectivity index (χ2n) is 17.8. The Balaban J connectivity index is 4.35. The maximum atomic E-state index is 14.7. The van der Waals surface area contributed by atoms with Crippen molar-refractivity contribution in [1.82, 2.24) is 16.0 Å². The van der Waals surface area contributed by atoms with Gasteiger partial charge >= 0.3 is 53.7 Å². The SMILES string of the molecule is O=C(O)CCOCC(COCCC(=O)O)(COCCC(=O)O)NC(=O)c1cc(C(=O)NC(COCCC(=O)O)(COCCC(=O)O)COCCC(=O)O)cc(C(=O)NC(COCCC(=O)O)(COCCC(=O)O)COCCC(=O)O)c1. The number of ether oxygens (including phenoxy) is 9. The van der Waals surface area contributed by atoms with Crippen molar-refractivity contribution in [3.05, 3.63) is 34.9 Å². The molecule has 0 bridgehead atoms. The fourth-order valence-electron chi connectivity index (χ4n) is 6.50. The Morgan fingerprint density at radius 3 is 0.494 bits per heavy atom. The third-order valence-corrected chi connectivity index (χ3v) is 10.4. The van der Waals surface area contributed by atoms with Crippen LogP contribution in [0, 0.1) is 0 Å². The van der Waals surface area contributed by atoms with Crippen molar-refractivity contribution in [2.24, 2.45) is 0 Å². The monoisotopic (exact) mass is 1170 g/mol. The molecule has 0 spiro atoms. The van der Waals surface area contributed by atoms with E-state index in [-0.39, 0.29) is 0 Å². The van der Waals surface area contributed by atoms with Crippen LogP contribution in [0.15, 0.2) is 18.2 Å². The molecular formula is C48H69N3O30. The van der Waals surface area contributed by atoms with Crippen molar-refractivity contribution in [1.29, 1.82) is 0 Å². The Labute approximate surface area is 461 Å². The number of carbonyl (C=O) groups excluding carboxylic acids is 3. The van der Waals surface area contributed by atoms with E-state index in [0.29, 0.717) is 0 Å². The van der Waals surface area contributed by atoms with Gasteiger partial charge in [0.2, 0.25) is 0 Å². The van der Waals surface area contributed by atoms with E-state index in [1.165, 1.54) is 0 Å². The van der Waals surface area contributed by atoms with Crippen LogP contribution in [-0.4, -0.2) is 253 Å². The maximum absolute atomic E-state index is 14.7. The first kappa shape index (κ1) is 71.5. The van der Waals surface area contributed by atoms with Gasteiger partial charge in [-0.1, -0.05) is 0 Å². The summed E-state index contributed by atoms with van der Waals surface area (Å²) in [5.41, 5.74) is -7.64. The molecule has 0 aliphatic carbocycles. The van der Waals surface area contributed by atoms with E-state index in [1.54, 1.807) is 0 Å². The van der Waals surface area contributed by atoms with Gasteiger partial charge in [-0.3, -0.25) is 57.5 Å². The molecule has 81 heavy (non-hydrogen) atoms. The predicted molar refractivity (Wildman–Crippen MR) is 265 cm³/mol. The summed E-state index contributed by atoms with van der Waals surface area (Å²) >= 11 is 0. The van der Waals surface area contributed by atoms with Crippen molar-refractivity contribution < 1.29 is 146 Å². The maximum Gasteiger partial charge on any atom is 0.305 e. The number of hydrogen-bond donors (Lipinski definition) is 12. The van der Waals surface area contributed by atoms with Gasteiger partial charge < -0.3 is 105 Å². The van der Waals surface area contributed by atoms with Crippen molar-refractivity contribution in [2.45, 2.75) is 74.4 Å². The highest BCUT2D eigenvalue weighted by Crippen LogP contribution is 2.20. The summed E-state index contributed by atoms with van der Waals surface area (Å²) in [5, 5.41) is 91.1. The van der Waals surface area contributed by atoms with Crippen LogP contribution in [0.4, 0.5) is 0 Å². The average molecular weight is 1170 g/mol. The van der Waals surface area contributed by atoms with Gasteiger partial charge in [-0.25, -0.2) is 0 Å². The Morgan fingerprint density at radius 1 is 0.259 bits per heavy atom. The zero-order valence-corrected chi connectivity index (χ0v) is 43.9. The van der Waals surface area contributed by atoms with Crippen LogP contribution in [0.1, 0.15) is 88.9 Å². The minimum atomic E-state index is -1.96. The molecule has 33 heteroatoms. The third-order valence-electron chi connectivity index (χ3n) is 10.4. The molecule has 0 radical (unpaired) electrons. The standard InChI is InChI=1S/C48H69N3O30/c52-34(53)1-10-73-22-46(23-74-11-2-35(54)55,24-75-12-3-36(56)57)49-43(70)31-19-32(44(71)50-47(25-76-13-4-37(58)59,26-77-14-5-38(60)61)27-78-15-6-39(62)63)21-33(20-31)45(72)51-48(28-79-16-7-40(64)65,29-80-17-8-41(66)67)30-81-18-9-42(68)69/h19-21H,1-18,22-30H2,(H,49,70)(H,50,71)(H,51,72)(H,52,53)(H,54,55)(H,56,57)(H,58,59)(H,60,61)(H,62,63)(H,64,65)(H,66,67)(H,68,69). The number of benzene rings is 1. The number of carboxylic acid groups (broad SMARTS) is 9. The van der Waals surface area contributed by atoms with Crippen LogP contribution in [0.2, 0.25) is 0 Å². The molecule has 33 nitrogen and oxygen atoms in total. The van der Waals surface area contributed by atoms with Gasteiger partial charge in [0.1, 0.15) is 16.6 Å². The Kier molecular flexibility index (Phi) is 34.4. The lowest BCUT2D eigenvalue weighted by atomic mass is 9.97. The number of aliphatic carboxylic acids is 9. The second-order valence-corrected chi connectivity index (χ2v) is 17.8. The average Bonchev–Trinajstić information content (AvgIpc) is 3.38. The quantitative estimate of drug-likeness (QED) is 0.0331. The molecule has 0 saturated carbocycles. The van der Waals surface area contributed by atoms with E-state index in [9.17, 15) is 103 Å². The van der Waals surface area contributed by atoms with E-state index in [2.05, 4.69) is 16.0 Å². The summed E-state index contributed by atoms with van der Waals surface area (Å²) in [4.78, 5) is 147. The summed E-state index contributed by atoms with van der Waals surface area (Å²) in [6.45, 7) is -10.3. The first-order valence-corrected chi connectivity index (χ1v) is 24.5. The molecule has 0 fully saturated rings. The Morgan fingerprint density at radius 2 is 0.383 bits per heavy atom. The number of hydrogen-bond acceptors (Lipinski definition) is 21. The summed E-state index contributed by atoms with van der Waals surface area (Å²) in [7, 11) is 0. The van der Waals surface area contributed by atoms with Crippen molar-refractivity contribution in [3.8, 4) is 0 Å². The third kappa shape index (κ3) is 33.6. The van der Waals surface area contributed by atoms with E-state index < -0.39 is 281 Å². The molecule has 0 aromatic heterocycles. The van der Waals surface area contributed by atoms with Crippen LogP contribution >= 0.6 is 0 Å². The van der Waals surface area contributed by atoms with Gasteiger partial charge in [-0.15, -0.1) is 0 Å². The molecule has 456 valence electrons. The molecule has 0 atom stereocenters. The summed E-state index contributed by atoms with van der Waals surface area (Å²) in [6.07, 6.45) is -5.11. The van der Waals surface area contributed by atoms with Crippen LogP contribution in [0.5, 0.6) is 0 Å². The largest absolute Gasteiger partial charge is 0.481 e. The summed E-state index contributed by atoms with van der Waals surface area (Å²) < 4.78 is 50.2. The molecule has 0 unspecified atom stereocenters. The number of carbonyl (C=O) groups is 12. The summed E-state index contributed by atoms with van der Waals surface area (Å²) in [6, 6.07) is 2.73. The smallest absolute Gasteiger partial charge is 0.305 e. The lowest BCUT2D eigenvalue weighted by Gasteiger charge is -2.35. The molecule has 12 N–H and O–H groups in total. The van der Waals surface area contributed by atoms with E-state index in [4.69, 9.17) is 42.6 Å². The summed E-state index contributed by atoms with van der Waals surface area (Å²) in [5.74, 6) is -15.3. The highest BCUT2D eigenvalue weighted by Gasteiger charge is 2.39. The van der Waals surface area contributed by atoms with E-state index in [0.717, 1.165) is 18.2 Å². The van der Waals surface area contributed by atoms with Crippen molar-refractivity contribution >= 4 is 71.4 Å². The first-order chi connectivity index (χ1) is 38.2. The molecule has 0 heterocycles. The minimum absolute atomic E-state index is 0.485. The lowest BCUT2D eigenvalue weighted by molar-refractivity contribution is -0.141. The highest BCUT2D eigenvalue weighted by atomic mass is 16.5. The van der Waals surface area contributed by atoms with Gasteiger partial charge in [0.25, 0.3) is 17.7 Å². The zero-order chi connectivity index (χ0) is 60.9. The predicted octanol–water partition coefficient (Wildman–Crippen LogP) is -1.49. The molecule has 1 rings (SSSR count). The number of amides is 3. The second kappa shape index (κ2) is 39.0. The number of nitrogens with one attached hydrogen (secondary N) is 3. The normalized spacial score (nSPS) is 11.6. The number of rotatable bonds is 51. The van der Waals surface area contributed by atoms with Gasteiger partial charge in [0.15, 0.2) is 0 Å². The topological polar surface area (TPSA) is 506 Å². The van der Waals surface area contributed by atoms with E-state index in [1.807, 2.05) is 0 Å². The minimum Gasteiger partial charge on any atom is -0.481 e.